The summed E-state index contributed by atoms with van der Waals surface area (Å²) in [6.07, 6.45) is 2.90. The predicted molar refractivity (Wildman–Crippen MR) is 128 cm³/mol. The van der Waals surface area contributed by atoms with Gasteiger partial charge in [-0.2, -0.15) is 0 Å². The summed E-state index contributed by atoms with van der Waals surface area (Å²) in [5.41, 5.74) is 1.05. The number of allylic oxidation sites excluding steroid dienone is 1. The maximum Gasteiger partial charge on any atom is 0.305 e. The van der Waals surface area contributed by atoms with Gasteiger partial charge >= 0.3 is 5.97 Å². The number of rotatable bonds is 10. The Bertz CT molecular complexity index is 844. The minimum Gasteiger partial charge on any atom is -0.481 e. The Morgan fingerprint density at radius 1 is 1.22 bits per heavy atom. The van der Waals surface area contributed by atoms with Crippen molar-refractivity contribution in [3.05, 3.63) is 48.0 Å². The van der Waals surface area contributed by atoms with Gasteiger partial charge in [-0.15, -0.1) is 0 Å². The second-order valence-electron chi connectivity index (χ2n) is 10.3. The van der Waals surface area contributed by atoms with Crippen LogP contribution in [0, 0.1) is 5.92 Å². The van der Waals surface area contributed by atoms with Crippen molar-refractivity contribution < 1.29 is 23.9 Å². The van der Waals surface area contributed by atoms with Crippen molar-refractivity contribution in [2.45, 2.75) is 83.8 Å². The van der Waals surface area contributed by atoms with Gasteiger partial charge in [0.2, 0.25) is 5.91 Å². The van der Waals surface area contributed by atoms with Crippen LogP contribution < -0.4 is 0 Å². The van der Waals surface area contributed by atoms with Crippen molar-refractivity contribution in [2.75, 3.05) is 0 Å². The molecule has 1 aromatic rings. The standard InChI is InChI=1S/C25H37NO5Si/c1-18-14-23(28)26(17-19-10-8-7-9-11-19)22(18)13-12-20(27)15-21(16-24(29)30)31-32(5,6)25(2,3)4/h7-13,18,21-22H,14-17H2,1-6H3,(H,29,30)/b13-12+/t18-,21+,22-/m0/s1. The maximum absolute atomic E-state index is 12.7. The molecule has 2 rings (SSSR count). The SMILES string of the molecule is C[C@H]1CC(=O)N(Cc2ccccc2)[C@H]1/C=C/C(=O)C[C@H](CC(=O)O)O[Si](C)(C)C(C)(C)C. The Labute approximate surface area is 192 Å². The van der Waals surface area contributed by atoms with Gasteiger partial charge < -0.3 is 14.4 Å². The van der Waals surface area contributed by atoms with E-state index in [4.69, 9.17) is 4.43 Å². The van der Waals surface area contributed by atoms with Crippen LogP contribution in [0.1, 0.15) is 52.5 Å². The Kier molecular flexibility index (Phi) is 8.59. The first kappa shape index (κ1) is 26.0. The number of carboxylic acid groups (broad SMARTS) is 1. The van der Waals surface area contributed by atoms with Gasteiger partial charge in [-0.1, -0.05) is 64.1 Å². The summed E-state index contributed by atoms with van der Waals surface area (Å²) in [4.78, 5) is 38.4. The van der Waals surface area contributed by atoms with E-state index in [-0.39, 0.29) is 41.5 Å². The van der Waals surface area contributed by atoms with Gasteiger partial charge in [0.1, 0.15) is 0 Å². The summed E-state index contributed by atoms with van der Waals surface area (Å²) in [5.74, 6) is -0.974. The molecule has 32 heavy (non-hydrogen) atoms. The molecule has 1 aliphatic rings. The van der Waals surface area contributed by atoms with Gasteiger partial charge in [0, 0.05) is 19.4 Å². The Balaban J connectivity index is 2.09. The number of ketones is 1. The van der Waals surface area contributed by atoms with Crippen LogP contribution in [0.2, 0.25) is 18.1 Å². The third-order valence-electron chi connectivity index (χ3n) is 6.53. The van der Waals surface area contributed by atoms with Crippen LogP contribution in [-0.4, -0.2) is 48.1 Å². The minimum atomic E-state index is -2.22. The lowest BCUT2D eigenvalue weighted by molar-refractivity contribution is -0.139. The lowest BCUT2D eigenvalue weighted by Crippen LogP contribution is -2.44. The van der Waals surface area contributed by atoms with E-state index in [1.807, 2.05) is 42.2 Å². The summed E-state index contributed by atoms with van der Waals surface area (Å²) >= 11 is 0. The number of benzene rings is 1. The maximum atomic E-state index is 12.7. The first-order valence-electron chi connectivity index (χ1n) is 11.2. The highest BCUT2D eigenvalue weighted by Gasteiger charge is 2.40. The van der Waals surface area contributed by atoms with Crippen molar-refractivity contribution >= 4 is 26.0 Å². The highest BCUT2D eigenvalue weighted by molar-refractivity contribution is 6.74. The average molecular weight is 460 g/mol. The fourth-order valence-electron chi connectivity index (χ4n) is 3.70. The monoisotopic (exact) mass is 459 g/mol. The molecule has 3 atom stereocenters. The number of hydrogen-bond donors (Lipinski definition) is 1. The van der Waals surface area contributed by atoms with Crippen LogP contribution in [0.25, 0.3) is 0 Å². The van der Waals surface area contributed by atoms with Gasteiger partial charge in [-0.05, 0) is 35.7 Å². The molecule has 1 aromatic carbocycles. The molecule has 0 bridgehead atoms. The van der Waals surface area contributed by atoms with Gasteiger partial charge in [0.25, 0.3) is 0 Å². The summed E-state index contributed by atoms with van der Waals surface area (Å²) < 4.78 is 6.23. The number of carbonyl (C=O) groups is 3. The molecule has 0 radical (unpaired) electrons. The van der Waals surface area contributed by atoms with E-state index in [0.717, 1.165) is 5.56 Å². The molecule has 7 heteroatoms. The number of nitrogens with zero attached hydrogens (tertiary/aromatic N) is 1. The van der Waals surface area contributed by atoms with Crippen molar-refractivity contribution in [1.82, 2.24) is 4.90 Å². The van der Waals surface area contributed by atoms with Gasteiger partial charge in [-0.3, -0.25) is 14.4 Å². The summed E-state index contributed by atoms with van der Waals surface area (Å²) in [5, 5.41) is 9.22. The molecule has 6 nitrogen and oxygen atoms in total. The fraction of sp³-hybridized carbons (Fsp3) is 0.560. The Morgan fingerprint density at radius 2 is 1.84 bits per heavy atom. The smallest absolute Gasteiger partial charge is 0.305 e. The van der Waals surface area contributed by atoms with Crippen molar-refractivity contribution in [2.24, 2.45) is 5.92 Å². The first-order chi connectivity index (χ1) is 14.8. The summed E-state index contributed by atoms with van der Waals surface area (Å²) in [7, 11) is -2.22. The molecular formula is C25H37NO5Si. The van der Waals surface area contributed by atoms with Crippen molar-refractivity contribution in [3.63, 3.8) is 0 Å². The zero-order chi connectivity index (χ0) is 24.1. The van der Waals surface area contributed by atoms with Crippen LogP contribution in [0.5, 0.6) is 0 Å². The van der Waals surface area contributed by atoms with Gasteiger partial charge in [0.05, 0.1) is 18.6 Å². The zero-order valence-corrected chi connectivity index (χ0v) is 21.1. The van der Waals surface area contributed by atoms with Crippen LogP contribution >= 0.6 is 0 Å². The molecule has 0 aliphatic carbocycles. The second kappa shape index (κ2) is 10.6. The Morgan fingerprint density at radius 3 is 2.41 bits per heavy atom. The lowest BCUT2D eigenvalue weighted by Gasteiger charge is -2.38. The van der Waals surface area contributed by atoms with Crippen LogP contribution in [-0.2, 0) is 25.4 Å². The van der Waals surface area contributed by atoms with Crippen LogP contribution in [0.3, 0.4) is 0 Å². The molecule has 176 valence electrons. The number of carboxylic acids is 1. The first-order valence-corrected chi connectivity index (χ1v) is 14.1. The second-order valence-corrected chi connectivity index (χ2v) is 15.1. The third-order valence-corrected chi connectivity index (χ3v) is 11.1. The summed E-state index contributed by atoms with van der Waals surface area (Å²) in [6.45, 7) is 12.9. The molecule has 0 spiro atoms. The molecule has 1 aliphatic heterocycles. The molecule has 1 saturated heterocycles. The lowest BCUT2D eigenvalue weighted by atomic mass is 10.0. The highest BCUT2D eigenvalue weighted by atomic mass is 28.4. The predicted octanol–water partition coefficient (Wildman–Crippen LogP) is 4.80. The van der Waals surface area contributed by atoms with E-state index in [2.05, 4.69) is 33.9 Å². The van der Waals surface area contributed by atoms with E-state index in [9.17, 15) is 19.5 Å². The van der Waals surface area contributed by atoms with Gasteiger partial charge in [-0.25, -0.2) is 0 Å². The van der Waals surface area contributed by atoms with E-state index < -0.39 is 20.4 Å². The minimum absolute atomic E-state index is 0.0169. The number of aliphatic carboxylic acids is 1. The average Bonchev–Trinajstić information content (AvgIpc) is 2.91. The Hall–Kier alpha value is -2.25. The third kappa shape index (κ3) is 7.13. The van der Waals surface area contributed by atoms with Crippen LogP contribution in [0.4, 0.5) is 0 Å². The molecule has 1 amide bonds. The zero-order valence-electron chi connectivity index (χ0n) is 20.1. The number of carbonyl (C=O) groups excluding carboxylic acids is 2. The largest absolute Gasteiger partial charge is 0.481 e. The van der Waals surface area contributed by atoms with Crippen LogP contribution in [0.15, 0.2) is 42.5 Å². The normalized spacial score (nSPS) is 20.7. The number of likely N-dealkylation sites (tertiary alicyclic amines) is 1. The molecule has 1 fully saturated rings. The molecule has 0 saturated carbocycles. The van der Waals surface area contributed by atoms with E-state index >= 15 is 0 Å². The topological polar surface area (TPSA) is 83.9 Å². The molecule has 0 unspecified atom stereocenters. The van der Waals surface area contributed by atoms with Gasteiger partial charge in [0.15, 0.2) is 14.1 Å². The van der Waals surface area contributed by atoms with Crippen molar-refractivity contribution in [1.29, 1.82) is 0 Å². The van der Waals surface area contributed by atoms with E-state index in [1.165, 1.54) is 6.08 Å². The molecule has 1 N–H and O–H groups in total. The highest BCUT2D eigenvalue weighted by Crippen LogP contribution is 2.38. The number of amides is 1. The molecule has 0 aromatic heterocycles. The fourth-order valence-corrected chi connectivity index (χ4v) is 5.05. The summed E-state index contributed by atoms with van der Waals surface area (Å²) in [6, 6.07) is 9.63. The number of hydrogen-bond acceptors (Lipinski definition) is 4. The van der Waals surface area contributed by atoms with E-state index in [1.54, 1.807) is 6.08 Å². The van der Waals surface area contributed by atoms with Crippen molar-refractivity contribution in [3.8, 4) is 0 Å². The van der Waals surface area contributed by atoms with E-state index in [0.29, 0.717) is 13.0 Å². The quantitative estimate of drug-likeness (QED) is 0.401. The molecule has 1 heterocycles. The molecular weight excluding hydrogens is 422 g/mol.